The van der Waals surface area contributed by atoms with Gasteiger partial charge in [0, 0.05) is 18.7 Å². The van der Waals surface area contributed by atoms with Crippen molar-refractivity contribution in [3.63, 3.8) is 0 Å². The number of hydrogen-bond donors (Lipinski definition) is 2. The summed E-state index contributed by atoms with van der Waals surface area (Å²) in [5.74, 6) is -1.61. The van der Waals surface area contributed by atoms with Crippen LogP contribution in [0.25, 0.3) is 6.08 Å². The average Bonchev–Trinajstić information content (AvgIpc) is 3.23. The van der Waals surface area contributed by atoms with Gasteiger partial charge in [-0.1, -0.05) is 24.3 Å². The second-order valence-corrected chi connectivity index (χ2v) is 9.19. The van der Waals surface area contributed by atoms with Gasteiger partial charge in [-0.2, -0.15) is 13.2 Å². The van der Waals surface area contributed by atoms with Gasteiger partial charge in [0.1, 0.15) is 5.82 Å². The number of β-amino-alcohol motifs (C(OH)–C–C–N with tert-alkyl or cyclic N) is 1. The Labute approximate surface area is 208 Å². The normalized spacial score (nSPS) is 18.6. The molecule has 0 unspecified atom stereocenters. The van der Waals surface area contributed by atoms with Crippen molar-refractivity contribution in [1.82, 2.24) is 4.90 Å². The van der Waals surface area contributed by atoms with Crippen molar-refractivity contribution >= 4 is 12.0 Å². The first kappa shape index (κ1) is 27.8. The first-order valence-corrected chi connectivity index (χ1v) is 11.9. The number of carboxylic acids is 1. The highest BCUT2D eigenvalue weighted by Gasteiger charge is 2.34. The zero-order chi connectivity index (χ0) is 26.5. The van der Waals surface area contributed by atoms with Gasteiger partial charge >= 0.3 is 12.1 Å². The molecule has 3 atom stereocenters. The summed E-state index contributed by atoms with van der Waals surface area (Å²) in [7, 11) is 0. The maximum Gasteiger partial charge on any atom is 0.416 e. The van der Waals surface area contributed by atoms with E-state index >= 15 is 0 Å². The molecule has 0 aliphatic carbocycles. The zero-order valence-electron chi connectivity index (χ0n) is 20.3. The number of alkyl halides is 3. The summed E-state index contributed by atoms with van der Waals surface area (Å²) < 4.78 is 60.2. The number of halogens is 4. The number of carbonyl (C=O) groups is 1. The van der Waals surface area contributed by atoms with Gasteiger partial charge in [-0.25, -0.2) is 9.18 Å². The van der Waals surface area contributed by atoms with E-state index in [2.05, 4.69) is 4.90 Å². The molecule has 2 N–H and O–H groups in total. The second-order valence-electron chi connectivity index (χ2n) is 9.19. The van der Waals surface area contributed by atoms with Crippen LogP contribution >= 0.6 is 0 Å². The third-order valence-corrected chi connectivity index (χ3v) is 6.47. The molecule has 0 aromatic heterocycles. The van der Waals surface area contributed by atoms with E-state index in [4.69, 9.17) is 9.84 Å². The number of benzene rings is 2. The van der Waals surface area contributed by atoms with E-state index < -0.39 is 29.9 Å². The Morgan fingerprint density at radius 2 is 2.03 bits per heavy atom. The van der Waals surface area contributed by atoms with Crippen LogP contribution in [0.4, 0.5) is 17.6 Å². The lowest BCUT2D eigenvalue weighted by atomic mass is 9.96. The molecule has 1 saturated heterocycles. The van der Waals surface area contributed by atoms with Crippen LogP contribution in [-0.4, -0.2) is 52.9 Å². The van der Waals surface area contributed by atoms with Crippen LogP contribution in [0.1, 0.15) is 53.7 Å². The summed E-state index contributed by atoms with van der Waals surface area (Å²) in [5.41, 5.74) is 0.419. The highest BCUT2D eigenvalue weighted by atomic mass is 19.4. The van der Waals surface area contributed by atoms with Crippen molar-refractivity contribution in [2.24, 2.45) is 0 Å². The molecule has 1 heterocycles. The molecule has 1 aliphatic heterocycles. The number of likely N-dealkylation sites (tertiary alicyclic amines) is 1. The number of carboxylic acid groups (broad SMARTS) is 1. The standard InChI is InChI=1S/C27H31F4NO4/c1-17-8-9-19(14-25(17)28)13-20-5-4-12-32(20)15-21(33)16-36-18(2)22-6-3-7-24(27(29,30)31)23(22)10-11-26(34)35/h3,6-11,14,18,20-21,33H,4-5,12-13,15-16H2,1-2H3,(H,34,35)/t18-,20+,21-/m1/s1. The SMILES string of the molecule is Cc1ccc(C[C@@H]2CCCN2C[C@@H](O)CO[C@H](C)c2cccc(C(F)(F)F)c2C=CC(=O)O)cc1F. The molecule has 5 nitrogen and oxygen atoms in total. The highest BCUT2D eigenvalue weighted by molar-refractivity contribution is 5.86. The van der Waals surface area contributed by atoms with Crippen molar-refractivity contribution < 1.29 is 37.3 Å². The van der Waals surface area contributed by atoms with E-state index in [1.54, 1.807) is 26.0 Å². The molecule has 0 spiro atoms. The fraction of sp³-hybridized carbons (Fsp3) is 0.444. The van der Waals surface area contributed by atoms with Crippen LogP contribution in [0.2, 0.25) is 0 Å². The largest absolute Gasteiger partial charge is 0.478 e. The van der Waals surface area contributed by atoms with Gasteiger partial charge in [-0.05, 0) is 80.1 Å². The minimum atomic E-state index is -4.67. The topological polar surface area (TPSA) is 70.0 Å². The third kappa shape index (κ3) is 7.38. The van der Waals surface area contributed by atoms with Gasteiger partial charge in [-0.15, -0.1) is 0 Å². The van der Waals surface area contributed by atoms with Crippen molar-refractivity contribution in [3.8, 4) is 0 Å². The molecule has 3 rings (SSSR count). The zero-order valence-corrected chi connectivity index (χ0v) is 20.3. The lowest BCUT2D eigenvalue weighted by Crippen LogP contribution is -2.39. The van der Waals surface area contributed by atoms with E-state index in [9.17, 15) is 27.5 Å². The van der Waals surface area contributed by atoms with Gasteiger partial charge in [0.2, 0.25) is 0 Å². The Hall–Kier alpha value is -2.75. The number of ether oxygens (including phenoxy) is 1. The molecule has 0 saturated carbocycles. The summed E-state index contributed by atoms with van der Waals surface area (Å²) in [4.78, 5) is 13.0. The molecule has 1 fully saturated rings. The van der Waals surface area contributed by atoms with Gasteiger partial charge in [-0.3, -0.25) is 4.90 Å². The van der Waals surface area contributed by atoms with Crippen molar-refractivity contribution in [2.75, 3.05) is 19.7 Å². The average molecular weight is 510 g/mol. The predicted octanol–water partition coefficient (Wildman–Crippen LogP) is 5.40. The Morgan fingerprint density at radius 3 is 2.69 bits per heavy atom. The van der Waals surface area contributed by atoms with Gasteiger partial charge < -0.3 is 14.9 Å². The van der Waals surface area contributed by atoms with E-state index in [0.717, 1.165) is 37.1 Å². The Morgan fingerprint density at radius 1 is 1.28 bits per heavy atom. The number of aliphatic carboxylic acids is 1. The Balaban J connectivity index is 1.64. The minimum Gasteiger partial charge on any atom is -0.478 e. The number of rotatable bonds is 10. The summed E-state index contributed by atoms with van der Waals surface area (Å²) in [6, 6.07) is 8.93. The van der Waals surface area contributed by atoms with Crippen LogP contribution in [0.5, 0.6) is 0 Å². The fourth-order valence-electron chi connectivity index (χ4n) is 4.60. The van der Waals surface area contributed by atoms with E-state index in [-0.39, 0.29) is 29.6 Å². The first-order chi connectivity index (χ1) is 17.0. The first-order valence-electron chi connectivity index (χ1n) is 11.9. The van der Waals surface area contributed by atoms with Gasteiger partial charge in [0.25, 0.3) is 0 Å². The number of hydrogen-bond acceptors (Lipinski definition) is 4. The van der Waals surface area contributed by atoms with Crippen molar-refractivity contribution in [3.05, 3.63) is 76.1 Å². The number of aliphatic hydroxyl groups excluding tert-OH is 1. The van der Waals surface area contributed by atoms with Crippen LogP contribution in [-0.2, 0) is 22.1 Å². The highest BCUT2D eigenvalue weighted by Crippen LogP contribution is 2.36. The molecular formula is C27H31F4NO4. The molecule has 0 amide bonds. The van der Waals surface area contributed by atoms with Gasteiger partial charge in [0.15, 0.2) is 0 Å². The Bertz CT molecular complexity index is 1090. The smallest absolute Gasteiger partial charge is 0.416 e. The van der Waals surface area contributed by atoms with E-state index in [1.807, 2.05) is 6.07 Å². The lowest BCUT2D eigenvalue weighted by Gasteiger charge is -2.28. The summed E-state index contributed by atoms with van der Waals surface area (Å²) in [6.07, 6.45) is -2.27. The quantitative estimate of drug-likeness (QED) is 0.332. The van der Waals surface area contributed by atoms with Crippen molar-refractivity contribution in [2.45, 2.75) is 57.5 Å². The molecular weight excluding hydrogens is 478 g/mol. The molecule has 2 aromatic carbocycles. The molecule has 2 aromatic rings. The van der Waals surface area contributed by atoms with E-state index in [0.29, 0.717) is 24.6 Å². The Kier molecular flexibility index (Phi) is 9.27. The predicted molar refractivity (Wildman–Crippen MR) is 128 cm³/mol. The molecule has 9 heteroatoms. The summed E-state index contributed by atoms with van der Waals surface area (Å²) in [5, 5.41) is 19.5. The summed E-state index contributed by atoms with van der Waals surface area (Å²) in [6.45, 7) is 4.26. The van der Waals surface area contributed by atoms with Crippen LogP contribution < -0.4 is 0 Å². The molecule has 1 aliphatic rings. The lowest BCUT2D eigenvalue weighted by molar-refractivity contribution is -0.138. The number of aryl methyl sites for hydroxylation is 1. The third-order valence-electron chi connectivity index (χ3n) is 6.47. The van der Waals surface area contributed by atoms with Crippen LogP contribution in [0.15, 0.2) is 42.5 Å². The maximum absolute atomic E-state index is 13.9. The molecule has 36 heavy (non-hydrogen) atoms. The summed E-state index contributed by atoms with van der Waals surface area (Å²) >= 11 is 0. The molecule has 196 valence electrons. The number of aliphatic hydroxyl groups is 1. The van der Waals surface area contributed by atoms with Crippen LogP contribution in [0.3, 0.4) is 0 Å². The monoisotopic (exact) mass is 509 g/mol. The van der Waals surface area contributed by atoms with Crippen molar-refractivity contribution in [1.29, 1.82) is 0 Å². The molecule has 0 bridgehead atoms. The molecule has 0 radical (unpaired) electrons. The minimum absolute atomic E-state index is 0.109. The second kappa shape index (κ2) is 12.0. The maximum atomic E-state index is 13.9. The fourth-order valence-corrected chi connectivity index (χ4v) is 4.60. The van der Waals surface area contributed by atoms with E-state index in [1.165, 1.54) is 12.1 Å². The van der Waals surface area contributed by atoms with Gasteiger partial charge in [0.05, 0.1) is 24.4 Å². The number of nitrogens with zero attached hydrogens (tertiary/aromatic N) is 1. The van der Waals surface area contributed by atoms with Crippen LogP contribution in [0, 0.1) is 12.7 Å².